The van der Waals surface area contributed by atoms with Crippen LogP contribution in [0.1, 0.15) is 54.6 Å². The summed E-state index contributed by atoms with van der Waals surface area (Å²) in [5.74, 6) is -0.0487. The van der Waals surface area contributed by atoms with Crippen molar-refractivity contribution in [1.82, 2.24) is 25.3 Å². The van der Waals surface area contributed by atoms with Crippen molar-refractivity contribution in [2.45, 2.75) is 32.9 Å². The van der Waals surface area contributed by atoms with Crippen LogP contribution in [0.3, 0.4) is 0 Å². The number of aromatic nitrogens is 4. The van der Waals surface area contributed by atoms with Gasteiger partial charge in [0.2, 0.25) is 5.95 Å². The third kappa shape index (κ3) is 5.43. The lowest BCUT2D eigenvalue weighted by Gasteiger charge is -2.17. The number of pyridine rings is 2. The molecule has 0 spiro atoms. The third-order valence-electron chi connectivity index (χ3n) is 4.57. The van der Waals surface area contributed by atoms with E-state index >= 15 is 0 Å². The van der Waals surface area contributed by atoms with Gasteiger partial charge in [0.25, 0.3) is 5.91 Å². The van der Waals surface area contributed by atoms with Gasteiger partial charge in [0.05, 0.1) is 34.6 Å². The van der Waals surface area contributed by atoms with Crippen LogP contribution < -0.4 is 10.6 Å². The van der Waals surface area contributed by atoms with E-state index in [1.807, 2.05) is 50.4 Å². The highest BCUT2D eigenvalue weighted by atomic mass is 32.1. The zero-order chi connectivity index (χ0) is 22.9. The molecule has 8 nitrogen and oxygen atoms in total. The number of thiophene rings is 1. The van der Waals surface area contributed by atoms with Gasteiger partial charge in [-0.15, -0.1) is 11.3 Å². The standard InChI is InChI=1S/C21H20N6O2S.C2H6/c1-13(15-6-2-3-9-23-15)24-21-26-16-7-10-30-19(16)18(27-21)20(29)25-17(12-28)14-5-4-8-22-11-14;1-2/h2-11,13,17,28H,12H2,1H3,(H,25,29)(H,24,26,27);1-2H3/t13-,17?;/m0./s1. The minimum Gasteiger partial charge on any atom is -0.394 e. The third-order valence-corrected chi connectivity index (χ3v) is 5.48. The summed E-state index contributed by atoms with van der Waals surface area (Å²) < 4.78 is 0.686. The van der Waals surface area contributed by atoms with E-state index in [1.54, 1.807) is 30.7 Å². The SMILES string of the molecule is CC.C[C@H](Nc1nc(C(=O)NC(CO)c2cccnc2)c2sccc2n1)c1ccccn1. The molecule has 0 aliphatic rings. The van der Waals surface area contributed by atoms with Gasteiger partial charge in [-0.2, -0.15) is 0 Å². The van der Waals surface area contributed by atoms with Crippen molar-refractivity contribution >= 4 is 33.4 Å². The molecule has 0 saturated heterocycles. The molecule has 0 aromatic carbocycles. The molecule has 32 heavy (non-hydrogen) atoms. The Labute approximate surface area is 190 Å². The van der Waals surface area contributed by atoms with Gasteiger partial charge in [-0.1, -0.05) is 26.0 Å². The maximum absolute atomic E-state index is 13.0. The van der Waals surface area contributed by atoms with Crippen LogP contribution in [0.5, 0.6) is 0 Å². The Bertz CT molecular complexity index is 1140. The van der Waals surface area contributed by atoms with Crippen molar-refractivity contribution in [3.05, 3.63) is 77.3 Å². The Morgan fingerprint density at radius 1 is 1.12 bits per heavy atom. The number of aliphatic hydroxyl groups excluding tert-OH is 1. The first kappa shape index (κ1) is 23.2. The number of anilines is 1. The average molecular weight is 451 g/mol. The minimum atomic E-state index is -0.583. The van der Waals surface area contributed by atoms with Crippen LogP contribution in [-0.4, -0.2) is 37.6 Å². The van der Waals surface area contributed by atoms with Crippen LogP contribution in [0.15, 0.2) is 60.4 Å². The number of hydrogen-bond donors (Lipinski definition) is 3. The molecule has 0 saturated carbocycles. The number of nitrogens with zero attached hydrogens (tertiary/aromatic N) is 4. The van der Waals surface area contributed by atoms with Crippen LogP contribution in [0.25, 0.3) is 10.2 Å². The summed E-state index contributed by atoms with van der Waals surface area (Å²) in [5.41, 5.74) is 2.49. The highest BCUT2D eigenvalue weighted by Gasteiger charge is 2.21. The van der Waals surface area contributed by atoms with Gasteiger partial charge in [0, 0.05) is 18.6 Å². The van der Waals surface area contributed by atoms with E-state index in [1.165, 1.54) is 11.3 Å². The predicted molar refractivity (Wildman–Crippen MR) is 127 cm³/mol. The van der Waals surface area contributed by atoms with E-state index in [0.29, 0.717) is 21.7 Å². The van der Waals surface area contributed by atoms with Gasteiger partial charge in [0.1, 0.15) is 0 Å². The number of carbonyl (C=O) groups excluding carboxylic acids is 1. The van der Waals surface area contributed by atoms with E-state index in [0.717, 1.165) is 5.69 Å². The number of carbonyl (C=O) groups is 1. The van der Waals surface area contributed by atoms with Crippen molar-refractivity contribution in [1.29, 1.82) is 0 Å². The molecule has 4 rings (SSSR count). The molecule has 1 amide bonds. The molecule has 166 valence electrons. The molecule has 0 aliphatic carbocycles. The average Bonchev–Trinajstić information content (AvgIpc) is 3.33. The first-order chi connectivity index (χ1) is 15.7. The number of aliphatic hydroxyl groups is 1. The van der Waals surface area contributed by atoms with E-state index in [-0.39, 0.29) is 24.2 Å². The fraction of sp³-hybridized carbons (Fsp3) is 0.261. The lowest BCUT2D eigenvalue weighted by Crippen LogP contribution is -2.31. The minimum absolute atomic E-state index is 0.140. The molecule has 4 aromatic heterocycles. The second kappa shape index (κ2) is 11.3. The highest BCUT2D eigenvalue weighted by Crippen LogP contribution is 2.25. The monoisotopic (exact) mass is 450 g/mol. The van der Waals surface area contributed by atoms with Crippen molar-refractivity contribution in [3.63, 3.8) is 0 Å². The molecule has 9 heteroatoms. The molecule has 1 unspecified atom stereocenters. The smallest absolute Gasteiger partial charge is 0.272 e. The molecular weight excluding hydrogens is 424 g/mol. The number of rotatable bonds is 7. The molecule has 0 radical (unpaired) electrons. The Morgan fingerprint density at radius 2 is 1.97 bits per heavy atom. The molecule has 4 heterocycles. The summed E-state index contributed by atoms with van der Waals surface area (Å²) in [6.45, 7) is 5.70. The van der Waals surface area contributed by atoms with E-state index in [2.05, 4.69) is 30.6 Å². The zero-order valence-corrected chi connectivity index (χ0v) is 19.0. The number of nitrogens with one attached hydrogen (secondary N) is 2. The quantitative estimate of drug-likeness (QED) is 0.388. The van der Waals surface area contributed by atoms with Crippen molar-refractivity contribution in [2.24, 2.45) is 0 Å². The molecule has 2 atom stereocenters. The Balaban J connectivity index is 0.00000141. The molecular formula is C23H26N6O2S. The summed E-state index contributed by atoms with van der Waals surface area (Å²) in [6.07, 6.45) is 4.98. The fourth-order valence-electron chi connectivity index (χ4n) is 3.02. The number of hydrogen-bond acceptors (Lipinski definition) is 8. The van der Waals surface area contributed by atoms with Crippen LogP contribution in [0, 0.1) is 0 Å². The molecule has 0 fully saturated rings. The number of fused-ring (bicyclic) bond motifs is 1. The second-order valence-electron chi connectivity index (χ2n) is 6.65. The Hall–Kier alpha value is -3.43. The van der Waals surface area contributed by atoms with Gasteiger partial charge in [0.15, 0.2) is 5.69 Å². The number of amides is 1. The highest BCUT2D eigenvalue weighted by molar-refractivity contribution is 7.17. The summed E-state index contributed by atoms with van der Waals surface area (Å²) in [6, 6.07) is 10.4. The summed E-state index contributed by atoms with van der Waals surface area (Å²) in [7, 11) is 0. The lowest BCUT2D eigenvalue weighted by molar-refractivity contribution is 0.0913. The molecule has 0 bridgehead atoms. The molecule has 3 N–H and O–H groups in total. The maximum atomic E-state index is 13.0. The van der Waals surface area contributed by atoms with Gasteiger partial charge in [-0.3, -0.25) is 14.8 Å². The fourth-order valence-corrected chi connectivity index (χ4v) is 3.84. The van der Waals surface area contributed by atoms with E-state index < -0.39 is 6.04 Å². The summed E-state index contributed by atoms with van der Waals surface area (Å²) >= 11 is 1.40. The Kier molecular flexibility index (Phi) is 8.18. The van der Waals surface area contributed by atoms with Crippen molar-refractivity contribution in [2.75, 3.05) is 11.9 Å². The first-order valence-electron chi connectivity index (χ1n) is 10.4. The Morgan fingerprint density at radius 3 is 2.66 bits per heavy atom. The van der Waals surface area contributed by atoms with E-state index in [4.69, 9.17) is 0 Å². The van der Waals surface area contributed by atoms with Crippen molar-refractivity contribution in [3.8, 4) is 0 Å². The molecule has 0 aliphatic heterocycles. The normalized spacial score (nSPS) is 12.4. The van der Waals surface area contributed by atoms with Crippen LogP contribution in [0.4, 0.5) is 5.95 Å². The summed E-state index contributed by atoms with van der Waals surface area (Å²) in [5, 5.41) is 17.7. The largest absolute Gasteiger partial charge is 0.394 e. The topological polar surface area (TPSA) is 113 Å². The van der Waals surface area contributed by atoms with Gasteiger partial charge in [-0.25, -0.2) is 9.97 Å². The van der Waals surface area contributed by atoms with Crippen LogP contribution >= 0.6 is 11.3 Å². The van der Waals surface area contributed by atoms with Gasteiger partial charge in [-0.05, 0) is 42.1 Å². The van der Waals surface area contributed by atoms with E-state index in [9.17, 15) is 9.90 Å². The second-order valence-corrected chi connectivity index (χ2v) is 7.56. The first-order valence-corrected chi connectivity index (χ1v) is 11.3. The van der Waals surface area contributed by atoms with Crippen LogP contribution in [-0.2, 0) is 0 Å². The van der Waals surface area contributed by atoms with Gasteiger partial charge >= 0.3 is 0 Å². The maximum Gasteiger partial charge on any atom is 0.272 e. The zero-order valence-electron chi connectivity index (χ0n) is 18.2. The predicted octanol–water partition coefficient (Wildman–Crippen LogP) is 4.14. The van der Waals surface area contributed by atoms with Gasteiger partial charge < -0.3 is 15.7 Å². The van der Waals surface area contributed by atoms with Crippen molar-refractivity contribution < 1.29 is 9.90 Å². The summed E-state index contributed by atoms with van der Waals surface area (Å²) in [4.78, 5) is 30.4. The lowest BCUT2D eigenvalue weighted by atomic mass is 10.1. The molecule has 4 aromatic rings. The van der Waals surface area contributed by atoms with Crippen LogP contribution in [0.2, 0.25) is 0 Å².